The second-order valence-electron chi connectivity index (χ2n) is 31.3. The molecule has 0 bridgehead atoms. The lowest BCUT2D eigenvalue weighted by Gasteiger charge is -2.26. The van der Waals surface area contributed by atoms with Crippen molar-refractivity contribution >= 4 is 0 Å². The molecular weight excluding hydrogens is 1020 g/mol. The molecule has 6 aliphatic heterocycles. The highest BCUT2D eigenvalue weighted by Gasteiger charge is 2.38. The molecule has 0 aliphatic carbocycles. The van der Waals surface area contributed by atoms with Crippen LogP contribution in [0.3, 0.4) is 0 Å². The van der Waals surface area contributed by atoms with Gasteiger partial charge in [-0.2, -0.15) is 0 Å². The molecular formula is C69H148N10O3. The number of β-amino-alcohol motifs (C(OH)–C–C–N with tert-alkyl or cyclic N) is 2. The van der Waals surface area contributed by atoms with Gasteiger partial charge >= 0.3 is 0 Å². The minimum absolute atomic E-state index is 0.0928. The van der Waals surface area contributed by atoms with E-state index in [1.54, 1.807) is 0 Å². The fourth-order valence-corrected chi connectivity index (χ4v) is 13.9. The van der Waals surface area contributed by atoms with Gasteiger partial charge in [-0.1, -0.05) is 83.1 Å². The average molecular weight is 1170 g/mol. The van der Waals surface area contributed by atoms with Crippen LogP contribution in [0.5, 0.6) is 0 Å². The van der Waals surface area contributed by atoms with E-state index in [4.69, 9.17) is 5.73 Å². The molecule has 13 nitrogen and oxygen atoms in total. The van der Waals surface area contributed by atoms with Gasteiger partial charge in [0.05, 0.1) is 12.2 Å². The molecule has 6 saturated heterocycles. The molecule has 6 rings (SSSR count). The number of likely N-dealkylation sites (N-methyl/N-ethyl adjacent to an activating group) is 2. The molecule has 6 aliphatic rings. The Morgan fingerprint density at radius 3 is 1.10 bits per heavy atom. The Morgan fingerprint density at radius 1 is 0.378 bits per heavy atom. The van der Waals surface area contributed by atoms with E-state index in [-0.39, 0.29) is 18.2 Å². The van der Waals surface area contributed by atoms with Gasteiger partial charge in [-0.05, 0) is 201 Å². The van der Waals surface area contributed by atoms with Crippen molar-refractivity contribution in [3.63, 3.8) is 0 Å². The monoisotopic (exact) mass is 1170 g/mol. The number of nitrogens with zero attached hydrogens (tertiary/aromatic N) is 7. The minimum atomic E-state index is -0.204. The maximum atomic E-state index is 9.82. The predicted octanol–water partition coefficient (Wildman–Crippen LogP) is 10.1. The van der Waals surface area contributed by atoms with E-state index < -0.39 is 0 Å². The van der Waals surface area contributed by atoms with Gasteiger partial charge < -0.3 is 41.5 Å². The molecule has 0 spiro atoms. The average Bonchev–Trinajstić information content (AvgIpc) is 4.27. The fraction of sp³-hybridized carbons (Fsp3) is 1.00. The van der Waals surface area contributed by atoms with Crippen LogP contribution in [0.15, 0.2) is 0 Å². The summed E-state index contributed by atoms with van der Waals surface area (Å²) in [6, 6.07) is 6.37. The third kappa shape index (κ3) is 30.1. The van der Waals surface area contributed by atoms with Gasteiger partial charge in [0.15, 0.2) is 0 Å². The zero-order valence-corrected chi connectivity index (χ0v) is 59.6. The largest absolute Gasteiger partial charge is 0.396 e. The number of rotatable bonds is 21. The minimum Gasteiger partial charge on any atom is -0.396 e. The van der Waals surface area contributed by atoms with Crippen LogP contribution in [-0.2, 0) is 0 Å². The standard InChI is InChI=1S/C13H28N2.C12H26N2.C12H25NO.C11H24N2.C11H23NO.C10H22N2O/c1-10(2)7-12-8-15(11(3)4)9-13(12)14(5)6;1-9(2)6-11-7-14(10(3)4)8-12(11)13-5;1-9(2)5-11-6-13(10(3)4)7-12(11)8-14;1-8(2)5-10-6-13(9(3)4)7-11(10)12;1-8(2)5-10-6-12(9(3)4)7-11(10)13;1-7(2)11-9-5-12(8(3)4)6-10(9)13/h10-13H,7-9H2,1-6H3;9-13H,6-8H2,1-5H3;9-12,14H,5-8H2,1-4H3;8-11H,5-7,12H2,1-4H3;8-11,13H,5-7H2,1-4H3;7-11,13H,5-6H2,1-4H3/t12-,13+;2*11-,12-;10-,11+;10-,11-;9-,10+/m010010/s1. The molecule has 7 N–H and O–H groups in total. The molecule has 0 unspecified atom stereocenters. The normalized spacial score (nSPS) is 29.9. The fourth-order valence-electron chi connectivity index (χ4n) is 13.9. The molecule has 82 heavy (non-hydrogen) atoms. The van der Waals surface area contributed by atoms with Crippen LogP contribution >= 0.6 is 0 Å². The van der Waals surface area contributed by atoms with Gasteiger partial charge in [-0.3, -0.25) is 24.5 Å². The molecule has 0 aromatic rings. The van der Waals surface area contributed by atoms with E-state index in [1.807, 2.05) is 0 Å². The highest BCUT2D eigenvalue weighted by Crippen LogP contribution is 2.31. The molecule has 6 fully saturated rings. The second kappa shape index (κ2) is 40.2. The van der Waals surface area contributed by atoms with Gasteiger partial charge in [0.2, 0.25) is 0 Å². The van der Waals surface area contributed by atoms with Crippen LogP contribution in [0.1, 0.15) is 198 Å². The van der Waals surface area contributed by atoms with Gasteiger partial charge in [0.25, 0.3) is 0 Å². The molecule has 0 amide bonds. The molecule has 0 saturated carbocycles. The summed E-state index contributed by atoms with van der Waals surface area (Å²) in [5.74, 6) is 8.04. The number of aliphatic hydroxyl groups is 3. The highest BCUT2D eigenvalue weighted by atomic mass is 16.3. The maximum Gasteiger partial charge on any atom is 0.0832 e. The van der Waals surface area contributed by atoms with Crippen LogP contribution < -0.4 is 16.4 Å². The number of hydrogen-bond acceptors (Lipinski definition) is 13. The lowest BCUT2D eigenvalue weighted by molar-refractivity contribution is 0.129. The molecule has 492 valence electrons. The molecule has 13 heteroatoms. The van der Waals surface area contributed by atoms with Crippen molar-refractivity contribution in [1.82, 2.24) is 44.9 Å². The van der Waals surface area contributed by atoms with E-state index >= 15 is 0 Å². The summed E-state index contributed by atoms with van der Waals surface area (Å²) in [5, 5.41) is 35.7. The molecule has 0 aromatic carbocycles. The highest BCUT2D eigenvalue weighted by molar-refractivity contribution is 4.94. The Labute approximate surface area is 512 Å². The summed E-state index contributed by atoms with van der Waals surface area (Å²) in [4.78, 5) is 17.3. The first-order valence-electron chi connectivity index (χ1n) is 34.3. The number of aliphatic hydroxyl groups excluding tert-OH is 3. The Balaban J connectivity index is 0.000000492. The quantitative estimate of drug-likeness (QED) is 0.0652. The Hall–Kier alpha value is -0.520. The number of nitrogens with one attached hydrogen (secondary N) is 2. The lowest BCUT2D eigenvalue weighted by Crippen LogP contribution is -2.43. The summed E-state index contributed by atoms with van der Waals surface area (Å²) in [7, 11) is 6.55. The zero-order chi connectivity index (χ0) is 63.0. The van der Waals surface area contributed by atoms with Gasteiger partial charge in [0, 0.05) is 152 Å². The summed E-state index contributed by atoms with van der Waals surface area (Å²) < 4.78 is 0. The smallest absolute Gasteiger partial charge is 0.0832 e. The van der Waals surface area contributed by atoms with Crippen LogP contribution in [0.25, 0.3) is 0 Å². The molecule has 12 atom stereocenters. The van der Waals surface area contributed by atoms with E-state index in [9.17, 15) is 15.3 Å². The molecule has 6 heterocycles. The third-order valence-electron chi connectivity index (χ3n) is 18.8. The van der Waals surface area contributed by atoms with Crippen molar-refractivity contribution in [1.29, 1.82) is 0 Å². The Kier molecular flexibility index (Phi) is 39.0. The van der Waals surface area contributed by atoms with Crippen LogP contribution in [0.2, 0.25) is 0 Å². The van der Waals surface area contributed by atoms with E-state index in [2.05, 4.69) is 232 Å². The zero-order valence-electron chi connectivity index (χ0n) is 59.6. The van der Waals surface area contributed by atoms with Crippen molar-refractivity contribution in [3.8, 4) is 0 Å². The second-order valence-corrected chi connectivity index (χ2v) is 31.3. The van der Waals surface area contributed by atoms with Crippen molar-refractivity contribution < 1.29 is 15.3 Å². The summed E-state index contributed by atoms with van der Waals surface area (Å²) in [5.41, 5.74) is 6.11. The first-order valence-corrected chi connectivity index (χ1v) is 34.3. The maximum absolute atomic E-state index is 9.82. The third-order valence-corrected chi connectivity index (χ3v) is 18.8. The van der Waals surface area contributed by atoms with E-state index in [0.29, 0.717) is 84.7 Å². The van der Waals surface area contributed by atoms with Crippen LogP contribution in [-0.4, -0.2) is 235 Å². The SMILES string of the molecule is CC(C)C[C@@H]1CN(C(C)C)C[C@H]1O.CC(C)C[C@H]1CN(C(C)C)C[C@H]1CO.CC(C)C[C@H]1CN(C(C)C)C[C@H]1N.CC(C)C[C@H]1CN(C(C)C)C[C@H]1N(C)C.CC(C)N[C@H]1CN(C(C)C)C[C@H]1O.CN[C@@H]1CN(C(C)C)C[C@H]1CC(C)C. The lowest BCUT2D eigenvalue weighted by atomic mass is 9.89. The van der Waals surface area contributed by atoms with Gasteiger partial charge in [-0.25, -0.2) is 0 Å². The van der Waals surface area contributed by atoms with E-state index in [1.165, 1.54) is 65.0 Å². The molecule has 0 aromatic heterocycles. The number of likely N-dealkylation sites (tertiary alicyclic amines) is 6. The van der Waals surface area contributed by atoms with Gasteiger partial charge in [-0.15, -0.1) is 0 Å². The van der Waals surface area contributed by atoms with Crippen molar-refractivity contribution in [2.45, 2.75) is 277 Å². The van der Waals surface area contributed by atoms with Crippen molar-refractivity contribution in [2.24, 2.45) is 70.8 Å². The van der Waals surface area contributed by atoms with E-state index in [0.717, 1.165) is 93.2 Å². The molecule has 0 radical (unpaired) electrons. The Bertz CT molecular complexity index is 1450. The number of hydrogen-bond donors (Lipinski definition) is 6. The van der Waals surface area contributed by atoms with Crippen molar-refractivity contribution in [2.75, 3.05) is 106 Å². The predicted molar refractivity (Wildman–Crippen MR) is 358 cm³/mol. The van der Waals surface area contributed by atoms with Crippen LogP contribution in [0.4, 0.5) is 0 Å². The summed E-state index contributed by atoms with van der Waals surface area (Å²) in [6.45, 7) is 67.8. The Morgan fingerprint density at radius 2 is 0.695 bits per heavy atom. The topological polar surface area (TPSA) is 133 Å². The first-order chi connectivity index (χ1) is 38.0. The number of nitrogens with two attached hydrogens (primary N) is 1. The summed E-state index contributed by atoms with van der Waals surface area (Å²) in [6.07, 6.45) is 6.12. The van der Waals surface area contributed by atoms with Crippen molar-refractivity contribution in [3.05, 3.63) is 0 Å². The summed E-state index contributed by atoms with van der Waals surface area (Å²) >= 11 is 0. The van der Waals surface area contributed by atoms with Crippen LogP contribution in [0, 0.1) is 65.1 Å². The first kappa shape index (κ1) is 79.5. The van der Waals surface area contributed by atoms with Gasteiger partial charge in [0.1, 0.15) is 0 Å².